The molecule has 24 heavy (non-hydrogen) atoms. The zero-order valence-electron chi connectivity index (χ0n) is 14.0. The molecule has 0 fully saturated rings. The third-order valence-corrected chi connectivity index (χ3v) is 4.45. The van der Waals surface area contributed by atoms with Crippen LogP contribution in [-0.4, -0.2) is 34.5 Å². The number of hydrogen-bond acceptors (Lipinski definition) is 4. The first-order valence-corrected chi connectivity index (χ1v) is 8.55. The van der Waals surface area contributed by atoms with Gasteiger partial charge in [0, 0.05) is 37.2 Å². The molecule has 1 aromatic carbocycles. The van der Waals surface area contributed by atoms with Gasteiger partial charge < -0.3 is 10.2 Å². The minimum atomic E-state index is -0.0712. The fraction of sp³-hybridized carbons (Fsp3) is 0.222. The monoisotopic (exact) mass is 340 g/mol. The summed E-state index contributed by atoms with van der Waals surface area (Å²) < 4.78 is 2.06. The number of aromatic nitrogens is 2. The second kappa shape index (κ2) is 6.98. The Hall–Kier alpha value is -2.44. The molecule has 3 aromatic rings. The second-order valence-corrected chi connectivity index (χ2v) is 6.82. The SMILES string of the molecule is CC(=O)Nc1ccc(-n2ccnc2-c2cc(CN(C)C)cs2)cc1. The third-order valence-electron chi connectivity index (χ3n) is 3.48. The molecule has 1 amide bonds. The number of hydrogen-bond donors (Lipinski definition) is 1. The average Bonchev–Trinajstić information content (AvgIpc) is 3.15. The number of amides is 1. The summed E-state index contributed by atoms with van der Waals surface area (Å²) in [5, 5.41) is 4.95. The fourth-order valence-corrected chi connectivity index (χ4v) is 3.44. The lowest BCUT2D eigenvalue weighted by atomic mass is 10.2. The molecular weight excluding hydrogens is 320 g/mol. The summed E-state index contributed by atoms with van der Waals surface area (Å²) in [6.07, 6.45) is 3.76. The quantitative estimate of drug-likeness (QED) is 0.772. The van der Waals surface area contributed by atoms with Gasteiger partial charge in [-0.2, -0.15) is 0 Å². The zero-order chi connectivity index (χ0) is 17.1. The number of thiophene rings is 1. The van der Waals surface area contributed by atoms with Gasteiger partial charge in [0.15, 0.2) is 5.82 Å². The summed E-state index contributed by atoms with van der Waals surface area (Å²) >= 11 is 1.70. The van der Waals surface area contributed by atoms with Crippen molar-refractivity contribution >= 4 is 22.9 Å². The number of anilines is 1. The highest BCUT2D eigenvalue weighted by Crippen LogP contribution is 2.28. The van der Waals surface area contributed by atoms with Crippen LogP contribution in [0.5, 0.6) is 0 Å². The van der Waals surface area contributed by atoms with E-state index < -0.39 is 0 Å². The van der Waals surface area contributed by atoms with E-state index in [0.717, 1.165) is 28.6 Å². The number of nitrogens with zero attached hydrogens (tertiary/aromatic N) is 3. The van der Waals surface area contributed by atoms with E-state index in [0.29, 0.717) is 0 Å². The minimum Gasteiger partial charge on any atom is -0.326 e. The van der Waals surface area contributed by atoms with Gasteiger partial charge in [0.05, 0.1) is 4.88 Å². The van der Waals surface area contributed by atoms with E-state index in [1.807, 2.05) is 36.7 Å². The Morgan fingerprint density at radius 2 is 2.04 bits per heavy atom. The average molecular weight is 340 g/mol. The predicted molar refractivity (Wildman–Crippen MR) is 98.6 cm³/mol. The van der Waals surface area contributed by atoms with Gasteiger partial charge in [-0.15, -0.1) is 11.3 Å². The van der Waals surface area contributed by atoms with Crippen molar-refractivity contribution < 1.29 is 4.79 Å². The molecule has 0 atom stereocenters. The van der Waals surface area contributed by atoms with E-state index in [1.54, 1.807) is 11.3 Å². The van der Waals surface area contributed by atoms with Crippen LogP contribution in [0.4, 0.5) is 5.69 Å². The first-order chi connectivity index (χ1) is 11.5. The predicted octanol–water partition coefficient (Wildman–Crippen LogP) is 3.62. The maximum absolute atomic E-state index is 11.1. The van der Waals surface area contributed by atoms with E-state index in [4.69, 9.17) is 0 Å². The highest BCUT2D eigenvalue weighted by molar-refractivity contribution is 7.13. The van der Waals surface area contributed by atoms with E-state index in [-0.39, 0.29) is 5.91 Å². The van der Waals surface area contributed by atoms with Crippen molar-refractivity contribution in [2.45, 2.75) is 13.5 Å². The Bertz CT molecular complexity index is 833. The van der Waals surface area contributed by atoms with Crippen LogP contribution in [-0.2, 0) is 11.3 Å². The lowest BCUT2D eigenvalue weighted by Gasteiger charge is -2.08. The zero-order valence-corrected chi connectivity index (χ0v) is 14.8. The number of carbonyl (C=O) groups is 1. The summed E-state index contributed by atoms with van der Waals surface area (Å²) in [6.45, 7) is 2.42. The summed E-state index contributed by atoms with van der Waals surface area (Å²) in [5.74, 6) is 0.857. The van der Waals surface area contributed by atoms with Crippen molar-refractivity contribution in [1.29, 1.82) is 0 Å². The van der Waals surface area contributed by atoms with Crippen molar-refractivity contribution in [3.63, 3.8) is 0 Å². The molecule has 0 aliphatic heterocycles. The summed E-state index contributed by atoms with van der Waals surface area (Å²) in [4.78, 5) is 18.9. The Morgan fingerprint density at radius 3 is 2.71 bits per heavy atom. The molecule has 0 bridgehead atoms. The fourth-order valence-electron chi connectivity index (χ4n) is 2.54. The maximum Gasteiger partial charge on any atom is 0.221 e. The van der Waals surface area contributed by atoms with E-state index >= 15 is 0 Å². The number of nitrogens with one attached hydrogen (secondary N) is 1. The molecular formula is C18H20N4OS. The van der Waals surface area contributed by atoms with Crippen LogP contribution in [0.2, 0.25) is 0 Å². The number of rotatable bonds is 5. The minimum absolute atomic E-state index is 0.0712. The molecule has 0 spiro atoms. The van der Waals surface area contributed by atoms with Gasteiger partial charge in [-0.3, -0.25) is 9.36 Å². The highest BCUT2D eigenvalue weighted by Gasteiger charge is 2.11. The standard InChI is InChI=1S/C18H20N4OS/c1-13(23)20-15-4-6-16(7-5-15)22-9-8-19-18(22)17-10-14(12-24-17)11-21(2)3/h4-10,12H,11H2,1-3H3,(H,20,23). The number of imidazole rings is 1. The van der Waals surface area contributed by atoms with Crippen LogP contribution < -0.4 is 5.32 Å². The second-order valence-electron chi connectivity index (χ2n) is 5.91. The lowest BCUT2D eigenvalue weighted by molar-refractivity contribution is -0.114. The number of benzene rings is 1. The number of carbonyl (C=O) groups excluding carboxylic acids is 1. The molecule has 1 N–H and O–H groups in total. The maximum atomic E-state index is 11.1. The Labute approximate surface area is 145 Å². The normalized spacial score (nSPS) is 11.0. The van der Waals surface area contributed by atoms with E-state index in [9.17, 15) is 4.79 Å². The molecule has 3 rings (SSSR count). The molecule has 0 saturated carbocycles. The molecule has 5 nitrogen and oxygen atoms in total. The van der Waals surface area contributed by atoms with Crippen LogP contribution >= 0.6 is 11.3 Å². The first kappa shape index (κ1) is 16.4. The molecule has 0 saturated heterocycles. The highest BCUT2D eigenvalue weighted by atomic mass is 32.1. The van der Waals surface area contributed by atoms with Gasteiger partial charge in [0.1, 0.15) is 0 Å². The Kier molecular flexibility index (Phi) is 4.78. The van der Waals surface area contributed by atoms with Gasteiger partial charge in [0.25, 0.3) is 0 Å². The topological polar surface area (TPSA) is 50.2 Å². The molecule has 6 heteroatoms. The summed E-state index contributed by atoms with van der Waals surface area (Å²) in [6, 6.07) is 9.93. The van der Waals surface area contributed by atoms with Gasteiger partial charge in [-0.25, -0.2) is 4.98 Å². The molecule has 2 heterocycles. The Balaban J connectivity index is 1.87. The van der Waals surface area contributed by atoms with Crippen LogP contribution in [0.15, 0.2) is 48.1 Å². The van der Waals surface area contributed by atoms with Gasteiger partial charge in [-0.05, 0) is 55.4 Å². The van der Waals surface area contributed by atoms with Crippen molar-refractivity contribution in [3.8, 4) is 16.4 Å². The molecule has 0 aliphatic rings. The smallest absolute Gasteiger partial charge is 0.221 e. The summed E-state index contributed by atoms with van der Waals surface area (Å²) in [7, 11) is 4.13. The molecule has 0 aliphatic carbocycles. The van der Waals surface area contributed by atoms with E-state index in [2.05, 4.69) is 45.3 Å². The van der Waals surface area contributed by atoms with Crippen molar-refractivity contribution in [2.24, 2.45) is 0 Å². The van der Waals surface area contributed by atoms with Gasteiger partial charge in [0.2, 0.25) is 5.91 Å². The van der Waals surface area contributed by atoms with Crippen molar-refractivity contribution in [1.82, 2.24) is 14.5 Å². The molecule has 124 valence electrons. The largest absolute Gasteiger partial charge is 0.326 e. The Morgan fingerprint density at radius 1 is 1.29 bits per heavy atom. The molecule has 2 aromatic heterocycles. The van der Waals surface area contributed by atoms with Crippen LogP contribution in [0.3, 0.4) is 0 Å². The van der Waals surface area contributed by atoms with Crippen molar-refractivity contribution in [3.05, 3.63) is 53.7 Å². The summed E-state index contributed by atoms with van der Waals surface area (Å²) in [5.41, 5.74) is 3.09. The third kappa shape index (κ3) is 3.72. The van der Waals surface area contributed by atoms with Gasteiger partial charge in [-0.1, -0.05) is 0 Å². The lowest BCUT2D eigenvalue weighted by Crippen LogP contribution is -2.09. The molecule has 0 radical (unpaired) electrons. The van der Waals surface area contributed by atoms with Crippen LogP contribution in [0.25, 0.3) is 16.4 Å². The van der Waals surface area contributed by atoms with Gasteiger partial charge >= 0.3 is 0 Å². The van der Waals surface area contributed by atoms with Crippen LogP contribution in [0.1, 0.15) is 12.5 Å². The van der Waals surface area contributed by atoms with E-state index in [1.165, 1.54) is 12.5 Å². The van der Waals surface area contributed by atoms with Crippen LogP contribution in [0, 0.1) is 0 Å². The molecule has 0 unspecified atom stereocenters. The first-order valence-electron chi connectivity index (χ1n) is 7.67. The van der Waals surface area contributed by atoms with Crippen molar-refractivity contribution in [2.75, 3.05) is 19.4 Å².